The number of carbonyl (C=O) groups is 2. The quantitative estimate of drug-likeness (QED) is 0.524. The summed E-state index contributed by atoms with van der Waals surface area (Å²) in [7, 11) is -3.79. The molecule has 1 saturated heterocycles. The fourth-order valence-electron chi connectivity index (χ4n) is 2.36. The summed E-state index contributed by atoms with van der Waals surface area (Å²) < 4.78 is 28.0. The number of nitrogens with one attached hydrogen (secondary N) is 1. The SMILES string of the molecule is NS(=O)(=O)c1ccc(NC(=O)CCN2C(=O)/C(=C/c3ccco3)SC2=S)cc1. The van der Waals surface area contributed by atoms with Crippen molar-refractivity contribution in [2.24, 2.45) is 5.14 Å². The van der Waals surface area contributed by atoms with Gasteiger partial charge in [-0.2, -0.15) is 0 Å². The predicted molar refractivity (Wildman–Crippen MR) is 110 cm³/mol. The summed E-state index contributed by atoms with van der Waals surface area (Å²) in [4.78, 5) is 26.3. The highest BCUT2D eigenvalue weighted by molar-refractivity contribution is 8.26. The standard InChI is InChI=1S/C17H15N3O5S3/c18-28(23,24)13-5-3-11(4-6-13)19-15(21)7-8-20-16(22)14(27-17(20)26)10-12-2-1-9-25-12/h1-6,9-10H,7-8H2,(H,19,21)(H2,18,23,24)/b14-10-. The molecule has 8 nitrogen and oxygen atoms in total. The Hall–Kier alpha value is -2.47. The lowest BCUT2D eigenvalue weighted by atomic mass is 10.3. The van der Waals surface area contributed by atoms with Crippen molar-refractivity contribution >= 4 is 61.9 Å². The van der Waals surface area contributed by atoms with Crippen molar-refractivity contribution in [3.63, 3.8) is 0 Å². The van der Waals surface area contributed by atoms with E-state index in [-0.39, 0.29) is 29.7 Å². The molecule has 1 fully saturated rings. The second kappa shape index (κ2) is 8.27. The van der Waals surface area contributed by atoms with Gasteiger partial charge in [-0.25, -0.2) is 13.6 Å². The van der Waals surface area contributed by atoms with Crippen molar-refractivity contribution in [2.75, 3.05) is 11.9 Å². The zero-order valence-electron chi connectivity index (χ0n) is 14.3. The largest absolute Gasteiger partial charge is 0.465 e. The number of anilines is 1. The van der Waals surface area contributed by atoms with Gasteiger partial charge in [0.05, 0.1) is 16.1 Å². The molecule has 11 heteroatoms. The first-order chi connectivity index (χ1) is 13.2. The van der Waals surface area contributed by atoms with Gasteiger partial charge in [-0.05, 0) is 36.4 Å². The van der Waals surface area contributed by atoms with E-state index >= 15 is 0 Å². The Balaban J connectivity index is 1.57. The maximum atomic E-state index is 12.5. The van der Waals surface area contributed by atoms with Crippen LogP contribution in [0.2, 0.25) is 0 Å². The Labute approximate surface area is 170 Å². The van der Waals surface area contributed by atoms with E-state index in [1.54, 1.807) is 18.2 Å². The molecule has 3 N–H and O–H groups in total. The van der Waals surface area contributed by atoms with Crippen LogP contribution in [0.1, 0.15) is 12.2 Å². The number of hydrogen-bond acceptors (Lipinski definition) is 7. The van der Waals surface area contributed by atoms with E-state index in [1.807, 2.05) is 0 Å². The molecule has 1 aromatic heterocycles. The minimum atomic E-state index is -3.79. The van der Waals surface area contributed by atoms with Crippen LogP contribution in [0.3, 0.4) is 0 Å². The van der Waals surface area contributed by atoms with Crippen LogP contribution in [-0.2, 0) is 19.6 Å². The highest BCUT2D eigenvalue weighted by Crippen LogP contribution is 2.32. The predicted octanol–water partition coefficient (Wildman–Crippen LogP) is 2.16. The Bertz CT molecular complexity index is 1040. The first-order valence-corrected chi connectivity index (χ1v) is 10.7. The number of thiocarbonyl (C=S) groups is 1. The maximum Gasteiger partial charge on any atom is 0.266 e. The highest BCUT2D eigenvalue weighted by atomic mass is 32.2. The number of rotatable bonds is 6. The van der Waals surface area contributed by atoms with Gasteiger partial charge < -0.3 is 9.73 Å². The molecule has 28 heavy (non-hydrogen) atoms. The zero-order chi connectivity index (χ0) is 20.3. The van der Waals surface area contributed by atoms with E-state index in [0.717, 1.165) is 11.8 Å². The molecule has 0 spiro atoms. The van der Waals surface area contributed by atoms with Gasteiger partial charge in [-0.15, -0.1) is 0 Å². The van der Waals surface area contributed by atoms with Gasteiger partial charge in [0.1, 0.15) is 10.1 Å². The van der Waals surface area contributed by atoms with Gasteiger partial charge in [0.25, 0.3) is 5.91 Å². The average Bonchev–Trinajstić information content (AvgIpc) is 3.22. The number of carbonyl (C=O) groups excluding carboxylic acids is 2. The van der Waals surface area contributed by atoms with E-state index < -0.39 is 10.0 Å². The fraction of sp³-hybridized carbons (Fsp3) is 0.118. The van der Waals surface area contributed by atoms with Gasteiger partial charge in [-0.3, -0.25) is 14.5 Å². The molecule has 0 aliphatic carbocycles. The minimum Gasteiger partial charge on any atom is -0.465 e. The molecule has 0 radical (unpaired) electrons. The first-order valence-electron chi connectivity index (χ1n) is 7.95. The Morgan fingerprint density at radius 1 is 1.29 bits per heavy atom. The van der Waals surface area contributed by atoms with Crippen LogP contribution in [0.15, 0.2) is 56.9 Å². The van der Waals surface area contributed by atoms with Crippen molar-refractivity contribution in [3.8, 4) is 0 Å². The normalized spacial score (nSPS) is 16.0. The summed E-state index contributed by atoms with van der Waals surface area (Å²) in [6.45, 7) is 0.126. The summed E-state index contributed by atoms with van der Waals surface area (Å²) in [5.74, 6) is -0.0784. The van der Waals surface area contributed by atoms with Crippen LogP contribution in [0.25, 0.3) is 6.08 Å². The molecule has 0 bridgehead atoms. The van der Waals surface area contributed by atoms with E-state index in [4.69, 9.17) is 21.8 Å². The van der Waals surface area contributed by atoms with Crippen LogP contribution in [0, 0.1) is 0 Å². The number of benzene rings is 1. The van der Waals surface area contributed by atoms with Crippen molar-refractivity contribution in [1.82, 2.24) is 4.90 Å². The minimum absolute atomic E-state index is 0.0252. The Morgan fingerprint density at radius 3 is 2.61 bits per heavy atom. The molecule has 2 aromatic rings. The van der Waals surface area contributed by atoms with Gasteiger partial charge in [-0.1, -0.05) is 24.0 Å². The topological polar surface area (TPSA) is 123 Å². The third kappa shape index (κ3) is 4.87. The van der Waals surface area contributed by atoms with E-state index in [2.05, 4.69) is 5.32 Å². The first kappa shape index (κ1) is 20.3. The lowest BCUT2D eigenvalue weighted by Gasteiger charge is -2.14. The smallest absolute Gasteiger partial charge is 0.266 e. The molecule has 3 rings (SSSR count). The number of hydrogen-bond donors (Lipinski definition) is 2. The van der Waals surface area contributed by atoms with Crippen molar-refractivity contribution < 1.29 is 22.4 Å². The third-order valence-corrected chi connectivity index (χ3v) is 6.03. The molecule has 1 aliphatic rings. The summed E-state index contributed by atoms with van der Waals surface area (Å²) in [5.41, 5.74) is 0.417. The Morgan fingerprint density at radius 2 is 2.00 bits per heavy atom. The Kier molecular flexibility index (Phi) is 5.98. The van der Waals surface area contributed by atoms with Crippen LogP contribution in [0.5, 0.6) is 0 Å². The molecule has 0 unspecified atom stereocenters. The van der Waals surface area contributed by atoms with Crippen LogP contribution < -0.4 is 10.5 Å². The third-order valence-electron chi connectivity index (χ3n) is 3.72. The summed E-state index contributed by atoms with van der Waals surface area (Å²) in [6.07, 6.45) is 3.14. The lowest BCUT2D eigenvalue weighted by molar-refractivity contribution is -0.122. The van der Waals surface area contributed by atoms with Gasteiger partial charge in [0, 0.05) is 24.7 Å². The number of nitrogens with zero attached hydrogens (tertiary/aromatic N) is 1. The summed E-state index contributed by atoms with van der Waals surface area (Å²) in [5, 5.41) is 7.66. The van der Waals surface area contributed by atoms with Crippen molar-refractivity contribution in [1.29, 1.82) is 0 Å². The molecular formula is C17H15N3O5S3. The number of amides is 2. The van der Waals surface area contributed by atoms with Crippen LogP contribution in [0.4, 0.5) is 5.69 Å². The second-order valence-electron chi connectivity index (χ2n) is 5.72. The van der Waals surface area contributed by atoms with Crippen LogP contribution >= 0.6 is 24.0 Å². The van der Waals surface area contributed by atoms with Crippen molar-refractivity contribution in [2.45, 2.75) is 11.3 Å². The average molecular weight is 438 g/mol. The van der Waals surface area contributed by atoms with Gasteiger partial charge >= 0.3 is 0 Å². The molecule has 146 valence electrons. The van der Waals surface area contributed by atoms with Crippen molar-refractivity contribution in [3.05, 3.63) is 53.3 Å². The molecule has 0 saturated carbocycles. The molecule has 1 aliphatic heterocycles. The number of sulfonamides is 1. The number of furan rings is 1. The monoisotopic (exact) mass is 437 g/mol. The van der Waals surface area contributed by atoms with E-state index in [1.165, 1.54) is 35.4 Å². The van der Waals surface area contributed by atoms with Gasteiger partial charge in [0.15, 0.2) is 0 Å². The summed E-state index contributed by atoms with van der Waals surface area (Å²) >= 11 is 6.37. The summed E-state index contributed by atoms with van der Waals surface area (Å²) in [6, 6.07) is 8.90. The lowest BCUT2D eigenvalue weighted by Crippen LogP contribution is -2.31. The van der Waals surface area contributed by atoms with E-state index in [9.17, 15) is 18.0 Å². The number of thioether (sulfide) groups is 1. The number of primary sulfonamides is 1. The molecule has 0 atom stereocenters. The van der Waals surface area contributed by atoms with Crippen LogP contribution in [-0.4, -0.2) is 36.0 Å². The molecule has 2 amide bonds. The molecular weight excluding hydrogens is 422 g/mol. The van der Waals surface area contributed by atoms with Gasteiger partial charge in [0.2, 0.25) is 15.9 Å². The number of nitrogens with two attached hydrogens (primary N) is 1. The molecule has 2 heterocycles. The fourth-order valence-corrected chi connectivity index (χ4v) is 4.16. The molecule has 1 aromatic carbocycles. The maximum absolute atomic E-state index is 12.5. The second-order valence-corrected chi connectivity index (χ2v) is 8.95. The zero-order valence-corrected chi connectivity index (χ0v) is 16.8. The highest BCUT2D eigenvalue weighted by Gasteiger charge is 2.32. The van der Waals surface area contributed by atoms with E-state index in [0.29, 0.717) is 20.7 Å².